The van der Waals surface area contributed by atoms with Gasteiger partial charge in [0.1, 0.15) is 29.3 Å². The molecule has 0 saturated carbocycles. The number of aliphatic imine (C=N–C) groups is 4. The predicted molar refractivity (Wildman–Crippen MR) is 202 cm³/mol. The van der Waals surface area contributed by atoms with E-state index in [-0.39, 0.29) is 85.0 Å². The van der Waals surface area contributed by atoms with E-state index >= 15 is 0 Å². The van der Waals surface area contributed by atoms with Crippen LogP contribution in [0.5, 0.6) is 0 Å². The molecule has 4 aliphatic rings. The molecule has 0 spiro atoms. The van der Waals surface area contributed by atoms with E-state index in [0.29, 0.717) is 16.3 Å². The van der Waals surface area contributed by atoms with Gasteiger partial charge in [-0.15, -0.1) is 0 Å². The van der Waals surface area contributed by atoms with Crippen LogP contribution in [0.25, 0.3) is 21.5 Å². The summed E-state index contributed by atoms with van der Waals surface area (Å²) in [5.41, 5.74) is 1.15. The molecule has 0 saturated heterocycles. The molecule has 2 aromatic heterocycles. The van der Waals surface area contributed by atoms with E-state index in [1.807, 2.05) is 0 Å². The van der Waals surface area contributed by atoms with E-state index in [0.717, 1.165) is 30.5 Å². The molecular formula is C34H20N8O11S4. The maximum atomic E-state index is 12.7. The van der Waals surface area contributed by atoms with Crippen molar-refractivity contribution in [1.29, 1.82) is 0 Å². The summed E-state index contributed by atoms with van der Waals surface area (Å²) in [4.78, 5) is 27.3. The van der Waals surface area contributed by atoms with Crippen LogP contribution < -0.4 is 11.0 Å². The lowest BCUT2D eigenvalue weighted by atomic mass is 10.1. The molecule has 3 N–H and O–H groups in total. The second-order valence-corrected chi connectivity index (χ2v) is 19.6. The molecule has 6 heterocycles. The molecule has 0 unspecified atom stereocenters. The van der Waals surface area contributed by atoms with Crippen LogP contribution in [0.15, 0.2) is 122 Å². The van der Waals surface area contributed by atoms with Crippen molar-refractivity contribution in [3.8, 4) is 0 Å². The van der Waals surface area contributed by atoms with Crippen LogP contribution in [0.2, 0.25) is 0 Å². The molecule has 6 bridgehead atoms. The Morgan fingerprint density at radius 2 is 0.860 bits per heavy atom. The van der Waals surface area contributed by atoms with Crippen LogP contribution in [0.1, 0.15) is 22.3 Å². The molecule has 0 amide bonds. The monoisotopic (exact) mass is 844 g/mol. The number of sulfone groups is 1. The minimum Gasteiger partial charge on any atom is -0.291 e. The first kappa shape index (κ1) is 35.3. The molecule has 6 aromatic rings. The molecule has 19 nitrogen and oxygen atoms in total. The van der Waals surface area contributed by atoms with Gasteiger partial charge in [-0.3, -0.25) is 22.8 Å². The van der Waals surface area contributed by atoms with E-state index in [2.05, 4.69) is 4.99 Å². The SMILES string of the molecule is CS(=O)(=O)c1ccc2c(c1)C1=Nc3c4cc(S(=O)(=O)O)ccc4c4n3Cn3c(c5ccc(S(=O)(=O)O)cc5c3=NC3=NC(=N4)c4ccc(S(=O)(=O)O)cc43)=NC2=N1. The van der Waals surface area contributed by atoms with Crippen molar-refractivity contribution in [3.05, 3.63) is 106 Å². The van der Waals surface area contributed by atoms with Crippen LogP contribution in [-0.2, 0) is 46.9 Å². The fourth-order valence-corrected chi connectivity index (χ4v) is 9.35. The minimum atomic E-state index is -4.77. The number of benzene rings is 4. The summed E-state index contributed by atoms with van der Waals surface area (Å²) in [6.07, 6.45) is 1.03. The fraction of sp³-hybridized carbons (Fsp3) is 0.0588. The molecule has 10 rings (SSSR count). The van der Waals surface area contributed by atoms with Gasteiger partial charge in [0.2, 0.25) is 0 Å². The van der Waals surface area contributed by atoms with Crippen molar-refractivity contribution in [2.45, 2.75) is 26.3 Å². The Morgan fingerprint density at radius 3 is 1.44 bits per heavy atom. The summed E-state index contributed by atoms with van der Waals surface area (Å²) in [7, 11) is -18.0. The van der Waals surface area contributed by atoms with Crippen LogP contribution in [0, 0.1) is 0 Å². The average Bonchev–Trinajstić information content (AvgIpc) is 3.82. The van der Waals surface area contributed by atoms with Gasteiger partial charge < -0.3 is 0 Å². The zero-order valence-electron chi connectivity index (χ0n) is 28.5. The number of hydrogen-bond acceptors (Lipinski definition) is 14. The highest BCUT2D eigenvalue weighted by Crippen LogP contribution is 2.42. The van der Waals surface area contributed by atoms with Crippen LogP contribution in [-0.4, -0.2) is 86.1 Å². The smallest absolute Gasteiger partial charge is 0.291 e. The molecule has 0 atom stereocenters. The van der Waals surface area contributed by atoms with Gasteiger partial charge in [-0.1, -0.05) is 0 Å². The van der Waals surface area contributed by atoms with Gasteiger partial charge in [0.05, 0.1) is 19.6 Å². The maximum Gasteiger partial charge on any atom is 0.294 e. The summed E-state index contributed by atoms with van der Waals surface area (Å²) in [6, 6.07) is 15.4. The van der Waals surface area contributed by atoms with Crippen molar-refractivity contribution in [2.24, 2.45) is 30.0 Å². The highest BCUT2D eigenvalue weighted by molar-refractivity contribution is 7.90. The molecule has 286 valence electrons. The second kappa shape index (κ2) is 11.3. The van der Waals surface area contributed by atoms with Gasteiger partial charge in [-0.25, -0.2) is 38.4 Å². The van der Waals surface area contributed by atoms with E-state index in [1.165, 1.54) is 53.1 Å². The first-order valence-electron chi connectivity index (χ1n) is 16.3. The minimum absolute atomic E-state index is 0.00339. The van der Waals surface area contributed by atoms with Gasteiger partial charge >= 0.3 is 0 Å². The lowest BCUT2D eigenvalue weighted by Gasteiger charge is -2.12. The molecule has 0 fully saturated rings. The van der Waals surface area contributed by atoms with E-state index < -0.39 is 54.9 Å². The number of aromatic nitrogens is 2. The van der Waals surface area contributed by atoms with Gasteiger partial charge in [0.15, 0.2) is 33.2 Å². The van der Waals surface area contributed by atoms with Crippen molar-refractivity contribution >= 4 is 96.7 Å². The van der Waals surface area contributed by atoms with Crippen molar-refractivity contribution in [3.63, 3.8) is 0 Å². The third-order valence-corrected chi connectivity index (χ3v) is 13.4. The molecular weight excluding hydrogens is 825 g/mol. The normalized spacial score (nSPS) is 15.9. The predicted octanol–water partition coefficient (Wildman–Crippen LogP) is 2.19. The first-order valence-corrected chi connectivity index (χ1v) is 22.5. The molecule has 4 aliphatic heterocycles. The quantitative estimate of drug-likeness (QED) is 0.216. The van der Waals surface area contributed by atoms with E-state index in [9.17, 15) is 47.3 Å². The first-order chi connectivity index (χ1) is 26.7. The number of fused-ring (bicyclic) bond motifs is 14. The fourth-order valence-electron chi connectivity index (χ4n) is 7.18. The lowest BCUT2D eigenvalue weighted by Crippen LogP contribution is -2.32. The molecule has 4 aromatic carbocycles. The van der Waals surface area contributed by atoms with Crippen molar-refractivity contribution < 1.29 is 47.3 Å². The maximum absolute atomic E-state index is 12.7. The van der Waals surface area contributed by atoms with E-state index in [1.54, 1.807) is 4.57 Å². The number of nitrogens with zero attached hydrogens (tertiary/aromatic N) is 8. The Hall–Kier alpha value is -6.08. The Bertz CT molecular complexity index is 3710. The molecule has 0 radical (unpaired) electrons. The number of rotatable bonds is 4. The average molecular weight is 845 g/mol. The van der Waals surface area contributed by atoms with Crippen molar-refractivity contribution in [2.75, 3.05) is 6.26 Å². The number of amidine groups is 4. The van der Waals surface area contributed by atoms with Gasteiger partial charge in [-0.05, 0) is 72.8 Å². The number of hydrogen-bond donors (Lipinski definition) is 3. The Morgan fingerprint density at radius 1 is 0.439 bits per heavy atom. The Labute approximate surface area is 320 Å². The third kappa shape index (κ3) is 5.38. The molecule has 0 aliphatic carbocycles. The van der Waals surface area contributed by atoms with Crippen LogP contribution >= 0.6 is 0 Å². The van der Waals surface area contributed by atoms with Crippen molar-refractivity contribution in [1.82, 2.24) is 9.13 Å². The van der Waals surface area contributed by atoms with Gasteiger partial charge in [0.25, 0.3) is 30.4 Å². The Balaban J connectivity index is 1.44. The van der Waals surface area contributed by atoms with E-state index in [4.69, 9.17) is 25.0 Å². The lowest BCUT2D eigenvalue weighted by molar-refractivity contribution is 0.481. The topological polar surface area (TPSA) is 281 Å². The third-order valence-electron chi connectivity index (χ3n) is 9.79. The molecule has 23 heteroatoms. The summed E-state index contributed by atoms with van der Waals surface area (Å²) >= 11 is 0. The summed E-state index contributed by atoms with van der Waals surface area (Å²) in [5.74, 6) is 0.122. The van der Waals surface area contributed by atoms with Crippen LogP contribution in [0.4, 0.5) is 11.6 Å². The highest BCUT2D eigenvalue weighted by Gasteiger charge is 2.32. The summed E-state index contributed by atoms with van der Waals surface area (Å²) < 4.78 is 133. The van der Waals surface area contributed by atoms with Gasteiger partial charge in [-0.2, -0.15) is 25.3 Å². The Kier molecular flexibility index (Phi) is 6.99. The largest absolute Gasteiger partial charge is 0.294 e. The highest BCUT2D eigenvalue weighted by atomic mass is 32.2. The summed E-state index contributed by atoms with van der Waals surface area (Å²) in [6.45, 7) is -0.264. The summed E-state index contributed by atoms with van der Waals surface area (Å²) in [5, 5.41) is 0.866. The zero-order valence-corrected chi connectivity index (χ0v) is 31.7. The van der Waals surface area contributed by atoms with Gasteiger partial charge in [0, 0.05) is 50.1 Å². The zero-order chi connectivity index (χ0) is 40.1. The standard InChI is InChI=1S/C34H20N8O11S4/c1-54(43,44)15-2-6-19-23(10-15)29-35-27(19)37-31-22-9-5-18(57(51,52)53)13-26(22)34-40-30-24-11-16(55(45,46)47)3-7-20(24)28(36-30)38-32-21-8-4-17(56(48,49)50)12-25(21)33(39-29)41(32)14-42(31)34/h2-13H,14H2,1H3,(H,45,46,47)(H,48,49,50)(H,51,52,53). The second-order valence-electron chi connectivity index (χ2n) is 13.3. The molecule has 57 heavy (non-hydrogen) atoms. The van der Waals surface area contributed by atoms with Crippen LogP contribution in [0.3, 0.4) is 0 Å².